The van der Waals surface area contributed by atoms with Crippen molar-refractivity contribution in [2.75, 3.05) is 0 Å². The highest BCUT2D eigenvalue weighted by atomic mass is 35.5. The minimum Gasteiger partial charge on any atom is -0.273 e. The molecular formula is C10H12ClN3O2S2. The molecule has 0 fully saturated rings. The smallest absolute Gasteiger partial charge is 0.250 e. The highest BCUT2D eigenvalue weighted by Gasteiger charge is 2.16. The molecule has 0 aromatic carbocycles. The van der Waals surface area contributed by atoms with Crippen LogP contribution in [0.3, 0.4) is 0 Å². The lowest BCUT2D eigenvalue weighted by atomic mass is 10.4. The molecule has 0 aliphatic rings. The van der Waals surface area contributed by atoms with Crippen molar-refractivity contribution in [1.29, 1.82) is 0 Å². The maximum Gasteiger partial charge on any atom is 0.250 e. The Hall–Kier alpha value is -0.890. The highest BCUT2D eigenvalue weighted by molar-refractivity contribution is 7.91. The Kier molecular flexibility index (Phi) is 4.06. The number of rotatable bonds is 5. The van der Waals surface area contributed by atoms with E-state index in [9.17, 15) is 8.42 Å². The van der Waals surface area contributed by atoms with Gasteiger partial charge in [0, 0.05) is 24.8 Å². The molecule has 98 valence electrons. The lowest BCUT2D eigenvalue weighted by molar-refractivity contribution is 0.583. The van der Waals surface area contributed by atoms with E-state index in [1.807, 2.05) is 13.1 Å². The molecule has 8 heteroatoms. The van der Waals surface area contributed by atoms with E-state index in [1.54, 1.807) is 16.9 Å². The van der Waals surface area contributed by atoms with Gasteiger partial charge in [-0.1, -0.05) is 11.6 Å². The number of aryl methyl sites for hydroxylation is 1. The summed E-state index contributed by atoms with van der Waals surface area (Å²) in [6.45, 7) is 2.94. The third-order valence-corrected chi connectivity index (χ3v) is 5.41. The Balaban J connectivity index is 2.05. The van der Waals surface area contributed by atoms with Crippen molar-refractivity contribution >= 4 is 33.0 Å². The third kappa shape index (κ3) is 3.11. The van der Waals surface area contributed by atoms with Crippen molar-refractivity contribution in [3.05, 3.63) is 34.4 Å². The number of hydrogen-bond donors (Lipinski definition) is 1. The van der Waals surface area contributed by atoms with Gasteiger partial charge in [-0.25, -0.2) is 13.1 Å². The fraction of sp³-hybridized carbons (Fsp3) is 0.300. The minimum absolute atomic E-state index is 0.218. The van der Waals surface area contributed by atoms with Crippen LogP contribution in [0.25, 0.3) is 0 Å². The number of hydrogen-bond acceptors (Lipinski definition) is 4. The Labute approximate surface area is 114 Å². The molecule has 0 atom stereocenters. The summed E-state index contributed by atoms with van der Waals surface area (Å²) in [4.78, 5) is 0. The molecule has 0 bridgehead atoms. The molecule has 0 spiro atoms. The predicted octanol–water partition coefficient (Wildman–Crippen LogP) is 2.10. The number of aromatic nitrogens is 2. The van der Waals surface area contributed by atoms with E-state index in [2.05, 4.69) is 9.82 Å². The first-order valence-corrected chi connectivity index (χ1v) is 7.95. The fourth-order valence-corrected chi connectivity index (χ4v) is 3.91. The van der Waals surface area contributed by atoms with Crippen LogP contribution < -0.4 is 4.72 Å². The van der Waals surface area contributed by atoms with Crippen molar-refractivity contribution in [2.24, 2.45) is 0 Å². The molecule has 0 amide bonds. The Morgan fingerprint density at radius 3 is 2.83 bits per heavy atom. The molecule has 2 rings (SSSR count). The molecule has 0 radical (unpaired) electrons. The summed E-state index contributed by atoms with van der Waals surface area (Å²) >= 11 is 6.75. The number of sulfonamides is 1. The van der Waals surface area contributed by atoms with Crippen LogP contribution in [-0.4, -0.2) is 18.2 Å². The Morgan fingerprint density at radius 2 is 2.28 bits per heavy atom. The van der Waals surface area contributed by atoms with Gasteiger partial charge in [-0.15, -0.1) is 11.3 Å². The topological polar surface area (TPSA) is 64.0 Å². The van der Waals surface area contributed by atoms with Gasteiger partial charge in [0.15, 0.2) is 0 Å². The van der Waals surface area contributed by atoms with Gasteiger partial charge in [0.05, 0.1) is 10.5 Å². The second kappa shape index (κ2) is 5.40. The average molecular weight is 306 g/mol. The van der Waals surface area contributed by atoms with Gasteiger partial charge in [0.2, 0.25) is 10.0 Å². The summed E-state index contributed by atoms with van der Waals surface area (Å²) in [5.41, 5.74) is 0.822. The van der Waals surface area contributed by atoms with Crippen molar-refractivity contribution in [3.8, 4) is 0 Å². The lowest BCUT2D eigenvalue weighted by Crippen LogP contribution is -2.22. The molecule has 0 unspecified atom stereocenters. The van der Waals surface area contributed by atoms with E-state index in [0.29, 0.717) is 4.34 Å². The van der Waals surface area contributed by atoms with Crippen LogP contribution in [0, 0.1) is 0 Å². The van der Waals surface area contributed by atoms with Crippen molar-refractivity contribution in [1.82, 2.24) is 14.5 Å². The standard InChI is InChI=1S/C10H12ClN3O2S2/c1-2-14-7-8(5-12-14)6-13-18(15,16)10-4-3-9(11)17-10/h3-5,7,13H,2,6H2,1H3. The molecule has 2 aromatic rings. The van der Waals surface area contributed by atoms with Crippen molar-refractivity contribution < 1.29 is 8.42 Å². The predicted molar refractivity (Wildman–Crippen MR) is 71.3 cm³/mol. The van der Waals surface area contributed by atoms with Crippen molar-refractivity contribution in [2.45, 2.75) is 24.2 Å². The minimum atomic E-state index is -3.49. The van der Waals surface area contributed by atoms with Crippen LogP contribution >= 0.6 is 22.9 Å². The maximum absolute atomic E-state index is 11.9. The zero-order chi connectivity index (χ0) is 13.2. The summed E-state index contributed by atoms with van der Waals surface area (Å²) < 4.78 is 28.7. The molecule has 0 aliphatic heterocycles. The van der Waals surface area contributed by atoms with Crippen LogP contribution in [0.5, 0.6) is 0 Å². The van der Waals surface area contributed by atoms with Gasteiger partial charge in [0.25, 0.3) is 0 Å². The fourth-order valence-electron chi connectivity index (χ4n) is 1.36. The normalized spacial score (nSPS) is 11.9. The molecule has 5 nitrogen and oxygen atoms in total. The number of thiophene rings is 1. The monoisotopic (exact) mass is 305 g/mol. The number of halogens is 1. The molecule has 2 aromatic heterocycles. The van der Waals surface area contributed by atoms with Crippen molar-refractivity contribution in [3.63, 3.8) is 0 Å². The molecule has 1 N–H and O–H groups in total. The quantitative estimate of drug-likeness (QED) is 0.920. The second-order valence-corrected chi connectivity index (χ2v) is 7.30. The van der Waals surface area contributed by atoms with E-state index in [1.165, 1.54) is 6.07 Å². The summed E-state index contributed by atoms with van der Waals surface area (Å²) in [6.07, 6.45) is 3.46. The molecule has 0 saturated heterocycles. The van der Waals surface area contributed by atoms with E-state index in [0.717, 1.165) is 23.4 Å². The summed E-state index contributed by atoms with van der Waals surface area (Å²) in [6, 6.07) is 3.06. The second-order valence-electron chi connectivity index (χ2n) is 3.59. The van der Waals surface area contributed by atoms with E-state index >= 15 is 0 Å². The van der Waals surface area contributed by atoms with Gasteiger partial charge in [-0.05, 0) is 19.1 Å². The molecule has 0 saturated carbocycles. The maximum atomic E-state index is 11.9. The molecule has 0 aliphatic carbocycles. The first-order chi connectivity index (χ1) is 8.51. The summed E-state index contributed by atoms with van der Waals surface area (Å²) in [5.74, 6) is 0. The van der Waals surface area contributed by atoms with E-state index in [4.69, 9.17) is 11.6 Å². The number of nitrogens with zero attached hydrogens (tertiary/aromatic N) is 2. The molecule has 18 heavy (non-hydrogen) atoms. The SMILES string of the molecule is CCn1cc(CNS(=O)(=O)c2ccc(Cl)s2)cn1. The van der Waals surface area contributed by atoms with E-state index in [-0.39, 0.29) is 10.8 Å². The Morgan fingerprint density at radius 1 is 1.50 bits per heavy atom. The van der Waals surface area contributed by atoms with Crippen LogP contribution in [0.1, 0.15) is 12.5 Å². The van der Waals surface area contributed by atoms with Crippen LogP contribution in [-0.2, 0) is 23.1 Å². The zero-order valence-electron chi connectivity index (χ0n) is 9.63. The average Bonchev–Trinajstić information content (AvgIpc) is 2.95. The zero-order valence-corrected chi connectivity index (χ0v) is 12.0. The van der Waals surface area contributed by atoms with E-state index < -0.39 is 10.0 Å². The van der Waals surface area contributed by atoms with Gasteiger partial charge in [-0.2, -0.15) is 5.10 Å². The van der Waals surface area contributed by atoms with Gasteiger partial charge in [0.1, 0.15) is 4.21 Å². The largest absolute Gasteiger partial charge is 0.273 e. The van der Waals surface area contributed by atoms with Gasteiger partial charge >= 0.3 is 0 Å². The summed E-state index contributed by atoms with van der Waals surface area (Å²) in [7, 11) is -3.49. The summed E-state index contributed by atoms with van der Waals surface area (Å²) in [5, 5.41) is 4.08. The van der Waals surface area contributed by atoms with Crippen LogP contribution in [0.4, 0.5) is 0 Å². The molecule has 2 heterocycles. The molecular weight excluding hydrogens is 294 g/mol. The van der Waals surface area contributed by atoms with Gasteiger partial charge in [-0.3, -0.25) is 4.68 Å². The Bertz CT molecular complexity index is 633. The highest BCUT2D eigenvalue weighted by Crippen LogP contribution is 2.25. The first-order valence-electron chi connectivity index (χ1n) is 5.27. The third-order valence-electron chi connectivity index (χ3n) is 2.29. The van der Waals surface area contributed by atoms with Crippen LogP contribution in [0.2, 0.25) is 4.34 Å². The van der Waals surface area contributed by atoms with Crippen LogP contribution in [0.15, 0.2) is 28.7 Å². The number of nitrogens with one attached hydrogen (secondary N) is 1. The lowest BCUT2D eigenvalue weighted by Gasteiger charge is -2.02. The van der Waals surface area contributed by atoms with Gasteiger partial charge < -0.3 is 0 Å². The first kappa shape index (κ1) is 13.5.